The Morgan fingerprint density at radius 2 is 1.71 bits per heavy atom. The van der Waals surface area contributed by atoms with Crippen molar-refractivity contribution in [1.29, 1.82) is 0 Å². The normalized spacial score (nSPS) is 14.0. The van der Waals surface area contributed by atoms with Gasteiger partial charge in [0, 0.05) is 6.61 Å². The Bertz CT molecular complexity index is 323. The molecule has 0 heterocycles. The monoisotopic (exact) mass is 280 g/mol. The van der Waals surface area contributed by atoms with Crippen LogP contribution in [0.3, 0.4) is 0 Å². The van der Waals surface area contributed by atoms with E-state index in [2.05, 4.69) is 4.18 Å². The number of halogens is 3. The summed E-state index contributed by atoms with van der Waals surface area (Å²) in [5, 5.41) is 8.64. The van der Waals surface area contributed by atoms with E-state index < -0.39 is 27.8 Å². The lowest BCUT2D eigenvalue weighted by molar-refractivity contribution is -0.0633. The Balaban J connectivity index is 4.03. The summed E-state index contributed by atoms with van der Waals surface area (Å²) in [6, 6.07) is 0. The van der Waals surface area contributed by atoms with Crippen molar-refractivity contribution in [2.24, 2.45) is 0 Å². The van der Waals surface area contributed by atoms with Crippen LogP contribution in [0.15, 0.2) is 0 Å². The summed E-state index contributed by atoms with van der Waals surface area (Å²) in [5.74, 6) is 0. The summed E-state index contributed by atoms with van der Waals surface area (Å²) in [7, 11) is -5.56. The molecule has 0 saturated carbocycles. The van der Waals surface area contributed by atoms with Gasteiger partial charge in [-0.05, 0) is 20.3 Å². The lowest BCUT2D eigenvalue weighted by Gasteiger charge is -2.24. The average Bonchev–Trinajstić information content (AvgIpc) is 2.10. The lowest BCUT2D eigenvalue weighted by atomic mass is 10.1. The van der Waals surface area contributed by atoms with E-state index >= 15 is 0 Å². The van der Waals surface area contributed by atoms with Crippen molar-refractivity contribution in [1.82, 2.24) is 0 Å². The molecule has 0 aliphatic rings. The molecule has 0 aromatic heterocycles. The molecule has 0 aromatic carbocycles. The molecule has 0 unspecified atom stereocenters. The van der Waals surface area contributed by atoms with Crippen LogP contribution >= 0.6 is 0 Å². The van der Waals surface area contributed by atoms with Crippen molar-refractivity contribution < 1.29 is 35.6 Å². The van der Waals surface area contributed by atoms with E-state index in [-0.39, 0.29) is 19.6 Å². The molecule has 0 amide bonds. The zero-order valence-corrected chi connectivity index (χ0v) is 10.3. The first-order valence-electron chi connectivity index (χ1n) is 4.72. The molecule has 0 fully saturated rings. The number of aliphatic hydroxyl groups is 1. The minimum Gasteiger partial charge on any atom is -0.396 e. The molecule has 0 bridgehead atoms. The van der Waals surface area contributed by atoms with Crippen molar-refractivity contribution in [3.05, 3.63) is 0 Å². The van der Waals surface area contributed by atoms with Gasteiger partial charge in [-0.25, -0.2) is 0 Å². The Morgan fingerprint density at radius 3 is 2.12 bits per heavy atom. The Kier molecular flexibility index (Phi) is 5.85. The van der Waals surface area contributed by atoms with Gasteiger partial charge in [-0.1, -0.05) is 0 Å². The third kappa shape index (κ3) is 6.20. The second-order valence-corrected chi connectivity index (χ2v) is 5.41. The minimum atomic E-state index is -5.56. The van der Waals surface area contributed by atoms with E-state index in [0.717, 1.165) is 0 Å². The first kappa shape index (κ1) is 16.6. The topological polar surface area (TPSA) is 72.8 Å². The smallest absolute Gasteiger partial charge is 0.396 e. The highest BCUT2D eigenvalue weighted by atomic mass is 32.2. The summed E-state index contributed by atoms with van der Waals surface area (Å²) in [4.78, 5) is 0. The molecule has 0 aliphatic heterocycles. The fourth-order valence-electron chi connectivity index (χ4n) is 0.870. The second-order valence-electron chi connectivity index (χ2n) is 3.80. The molecule has 5 nitrogen and oxygen atoms in total. The summed E-state index contributed by atoms with van der Waals surface area (Å²) in [5.41, 5.74) is -6.17. The number of hydrogen-bond acceptors (Lipinski definition) is 5. The van der Waals surface area contributed by atoms with E-state index in [1.807, 2.05) is 0 Å². The van der Waals surface area contributed by atoms with Crippen LogP contribution in [0, 0.1) is 0 Å². The summed E-state index contributed by atoms with van der Waals surface area (Å²) in [6.45, 7) is 2.04. The fraction of sp³-hybridized carbons (Fsp3) is 1.00. The number of ether oxygens (including phenoxy) is 1. The first-order chi connectivity index (χ1) is 7.52. The summed E-state index contributed by atoms with van der Waals surface area (Å²) < 4.78 is 65.2. The van der Waals surface area contributed by atoms with Crippen LogP contribution in [-0.2, 0) is 19.0 Å². The predicted molar refractivity (Wildman–Crippen MR) is 52.7 cm³/mol. The van der Waals surface area contributed by atoms with Crippen LogP contribution < -0.4 is 0 Å². The van der Waals surface area contributed by atoms with Crippen molar-refractivity contribution in [2.45, 2.75) is 31.4 Å². The highest BCUT2D eigenvalue weighted by Gasteiger charge is 2.47. The standard InChI is InChI=1S/C8H15F3O5S/c1-7(2,3-4-12)15-5-6-16-17(13,14)8(9,10)11/h12H,3-6H2,1-2H3. The molecular weight excluding hydrogens is 265 g/mol. The molecule has 9 heteroatoms. The maximum atomic E-state index is 11.8. The lowest BCUT2D eigenvalue weighted by Crippen LogP contribution is -2.30. The maximum absolute atomic E-state index is 11.8. The molecule has 0 aromatic rings. The van der Waals surface area contributed by atoms with Crippen molar-refractivity contribution in [2.75, 3.05) is 19.8 Å². The molecule has 0 spiro atoms. The maximum Gasteiger partial charge on any atom is 0.523 e. The first-order valence-corrected chi connectivity index (χ1v) is 6.13. The average molecular weight is 280 g/mol. The van der Waals surface area contributed by atoms with E-state index in [9.17, 15) is 21.6 Å². The van der Waals surface area contributed by atoms with Crippen LogP contribution in [0.25, 0.3) is 0 Å². The summed E-state index contributed by atoms with van der Waals surface area (Å²) >= 11 is 0. The number of aliphatic hydroxyl groups excluding tert-OH is 1. The summed E-state index contributed by atoms with van der Waals surface area (Å²) in [6.07, 6.45) is 0.277. The van der Waals surface area contributed by atoms with Crippen LogP contribution in [-0.4, -0.2) is 44.5 Å². The molecule has 0 aliphatic carbocycles. The van der Waals surface area contributed by atoms with Gasteiger partial charge in [-0.3, -0.25) is 4.18 Å². The molecular formula is C8H15F3O5S. The van der Waals surface area contributed by atoms with Gasteiger partial charge in [0.15, 0.2) is 0 Å². The van der Waals surface area contributed by atoms with E-state index in [4.69, 9.17) is 9.84 Å². The number of alkyl halides is 3. The van der Waals surface area contributed by atoms with Gasteiger partial charge in [0.05, 0.1) is 18.8 Å². The Morgan fingerprint density at radius 1 is 1.18 bits per heavy atom. The molecule has 1 N–H and O–H groups in total. The van der Waals surface area contributed by atoms with Crippen LogP contribution in [0.5, 0.6) is 0 Å². The number of hydrogen-bond donors (Lipinski definition) is 1. The van der Waals surface area contributed by atoms with Gasteiger partial charge >= 0.3 is 15.6 Å². The van der Waals surface area contributed by atoms with Gasteiger partial charge in [0.2, 0.25) is 0 Å². The fourth-order valence-corrected chi connectivity index (χ4v) is 1.29. The van der Waals surface area contributed by atoms with Crippen LogP contribution in [0.1, 0.15) is 20.3 Å². The van der Waals surface area contributed by atoms with E-state index in [1.165, 1.54) is 0 Å². The third-order valence-corrected chi connectivity index (χ3v) is 2.86. The quantitative estimate of drug-likeness (QED) is 0.428. The van der Waals surface area contributed by atoms with Crippen LogP contribution in [0.2, 0.25) is 0 Å². The van der Waals surface area contributed by atoms with Gasteiger partial charge in [0.25, 0.3) is 0 Å². The molecule has 0 saturated heterocycles. The molecule has 0 atom stereocenters. The van der Waals surface area contributed by atoms with Crippen molar-refractivity contribution in [3.8, 4) is 0 Å². The van der Waals surface area contributed by atoms with Crippen molar-refractivity contribution in [3.63, 3.8) is 0 Å². The highest BCUT2D eigenvalue weighted by molar-refractivity contribution is 7.87. The number of rotatable bonds is 7. The van der Waals surface area contributed by atoms with Gasteiger partial charge in [-0.15, -0.1) is 0 Å². The molecule has 0 rings (SSSR count). The zero-order chi connectivity index (χ0) is 13.7. The predicted octanol–water partition coefficient (Wildman–Crippen LogP) is 1.03. The van der Waals surface area contributed by atoms with Crippen LogP contribution in [0.4, 0.5) is 13.2 Å². The van der Waals surface area contributed by atoms with E-state index in [1.54, 1.807) is 13.8 Å². The van der Waals surface area contributed by atoms with Gasteiger partial charge < -0.3 is 9.84 Å². The second kappa shape index (κ2) is 5.98. The highest BCUT2D eigenvalue weighted by Crippen LogP contribution is 2.24. The Hall–Kier alpha value is -0.380. The minimum absolute atomic E-state index is 0.144. The van der Waals surface area contributed by atoms with Crippen molar-refractivity contribution >= 4 is 10.1 Å². The molecule has 0 radical (unpaired) electrons. The van der Waals surface area contributed by atoms with Gasteiger partial charge in [-0.2, -0.15) is 21.6 Å². The van der Waals surface area contributed by atoms with E-state index in [0.29, 0.717) is 0 Å². The zero-order valence-electron chi connectivity index (χ0n) is 9.45. The SMILES string of the molecule is CC(C)(CCO)OCCOS(=O)(=O)C(F)(F)F. The Labute approximate surface area is 97.6 Å². The third-order valence-electron chi connectivity index (χ3n) is 1.81. The molecule has 17 heavy (non-hydrogen) atoms. The largest absolute Gasteiger partial charge is 0.523 e. The van der Waals surface area contributed by atoms with Gasteiger partial charge in [0.1, 0.15) is 0 Å². The molecule has 104 valence electrons.